The molecular formula is C59H110N2O6P+. The molecule has 0 aliphatic carbocycles. The van der Waals surface area contributed by atoms with Crippen molar-refractivity contribution in [3.8, 4) is 0 Å². The molecule has 0 aliphatic rings. The minimum atomic E-state index is -4.34. The van der Waals surface area contributed by atoms with Gasteiger partial charge >= 0.3 is 7.82 Å². The van der Waals surface area contributed by atoms with E-state index < -0.39 is 20.0 Å². The van der Waals surface area contributed by atoms with Crippen LogP contribution in [0.15, 0.2) is 72.9 Å². The molecule has 0 spiro atoms. The number of allylic oxidation sites excluding steroid dienone is 11. The number of quaternary nitrogens is 1. The van der Waals surface area contributed by atoms with Crippen molar-refractivity contribution in [3.63, 3.8) is 0 Å². The zero-order valence-electron chi connectivity index (χ0n) is 45.1. The molecule has 0 radical (unpaired) electrons. The van der Waals surface area contributed by atoms with Gasteiger partial charge in [0, 0.05) is 6.42 Å². The Morgan fingerprint density at radius 2 is 0.897 bits per heavy atom. The van der Waals surface area contributed by atoms with Gasteiger partial charge in [0.1, 0.15) is 13.2 Å². The Hall–Kier alpha value is -2.06. The van der Waals surface area contributed by atoms with E-state index in [9.17, 15) is 19.4 Å². The Balaban J connectivity index is 3.86. The van der Waals surface area contributed by atoms with Gasteiger partial charge in [-0.3, -0.25) is 13.8 Å². The van der Waals surface area contributed by atoms with E-state index in [4.69, 9.17) is 9.05 Å². The number of aliphatic hydroxyl groups is 1. The fraction of sp³-hybridized carbons (Fsp3) is 0.780. The number of phosphoric ester groups is 1. The maximum atomic E-state index is 12.9. The van der Waals surface area contributed by atoms with E-state index in [-0.39, 0.29) is 19.1 Å². The van der Waals surface area contributed by atoms with E-state index in [0.717, 1.165) is 64.2 Å². The molecule has 1 amide bonds. The lowest BCUT2D eigenvalue weighted by molar-refractivity contribution is -0.870. The Labute approximate surface area is 421 Å². The summed E-state index contributed by atoms with van der Waals surface area (Å²) in [7, 11) is 1.55. The molecule has 3 N–H and O–H groups in total. The average Bonchev–Trinajstić information content (AvgIpc) is 3.30. The van der Waals surface area contributed by atoms with Crippen molar-refractivity contribution in [1.82, 2.24) is 5.32 Å². The van der Waals surface area contributed by atoms with Crippen molar-refractivity contribution in [3.05, 3.63) is 72.9 Å². The Morgan fingerprint density at radius 3 is 1.35 bits per heavy atom. The van der Waals surface area contributed by atoms with Gasteiger partial charge in [-0.1, -0.05) is 241 Å². The Kier molecular flexibility index (Phi) is 48.4. The van der Waals surface area contributed by atoms with Crippen LogP contribution in [0.5, 0.6) is 0 Å². The highest BCUT2D eigenvalue weighted by Gasteiger charge is 2.27. The molecule has 396 valence electrons. The SMILES string of the molecule is CC/C=C\C/C=C\C/C=C\C/C=C\CCCCCCCCCCCCCCCCCCCCCCCCCCC(=O)NC(COP(=O)(O)OCC[N+](C)(C)C)C(O)/C=C/CC/C=C/CCCCC. The maximum absolute atomic E-state index is 12.9. The summed E-state index contributed by atoms with van der Waals surface area (Å²) >= 11 is 0. The number of amides is 1. The van der Waals surface area contributed by atoms with Crippen molar-refractivity contribution in [2.24, 2.45) is 0 Å². The van der Waals surface area contributed by atoms with Gasteiger partial charge in [-0.05, 0) is 70.6 Å². The van der Waals surface area contributed by atoms with Crippen molar-refractivity contribution in [2.75, 3.05) is 40.9 Å². The van der Waals surface area contributed by atoms with Gasteiger partial charge in [-0.25, -0.2) is 4.57 Å². The van der Waals surface area contributed by atoms with Crippen molar-refractivity contribution < 1.29 is 32.9 Å². The molecule has 68 heavy (non-hydrogen) atoms. The topological polar surface area (TPSA) is 105 Å². The van der Waals surface area contributed by atoms with Crippen molar-refractivity contribution in [1.29, 1.82) is 0 Å². The van der Waals surface area contributed by atoms with Crippen molar-refractivity contribution >= 4 is 13.7 Å². The molecule has 0 bridgehead atoms. The molecule has 0 heterocycles. The minimum Gasteiger partial charge on any atom is -0.387 e. The van der Waals surface area contributed by atoms with E-state index >= 15 is 0 Å². The van der Waals surface area contributed by atoms with Gasteiger partial charge in [0.15, 0.2) is 0 Å². The number of phosphoric acid groups is 1. The van der Waals surface area contributed by atoms with Gasteiger partial charge in [0.2, 0.25) is 5.91 Å². The van der Waals surface area contributed by atoms with Crippen LogP contribution in [-0.2, 0) is 18.4 Å². The van der Waals surface area contributed by atoms with Crippen LogP contribution in [0.1, 0.15) is 245 Å². The summed E-state index contributed by atoms with van der Waals surface area (Å²) in [6.45, 7) is 4.63. The lowest BCUT2D eigenvalue weighted by Gasteiger charge is -2.25. The zero-order valence-corrected chi connectivity index (χ0v) is 46.0. The standard InChI is InChI=1S/C59H109N2O6P/c1-6-8-10-12-14-16-17-18-19-20-21-22-23-24-25-26-27-28-29-30-31-32-33-34-35-36-37-38-39-40-41-42-43-45-47-49-51-53-59(63)60-57(56-67-68(64,65)66-55-54-61(3,4)5)58(62)52-50-48-46-44-15-13-11-9-7-2/h8,10,14-16,18-19,21-22,44,50,52,57-58,62H,6-7,9,11-13,17,20,23-43,45-49,51,53-56H2,1-5H3,(H-,60,63,64,65)/p+1/b10-8-,16-14-,19-18-,22-21-,44-15+,52-50+. The first-order valence-corrected chi connectivity index (χ1v) is 29.8. The number of hydrogen-bond donors (Lipinski definition) is 3. The number of likely N-dealkylation sites (N-methyl/N-ethyl adjacent to an activating group) is 1. The molecule has 0 fully saturated rings. The monoisotopic (exact) mass is 974 g/mol. The summed E-state index contributed by atoms with van der Waals surface area (Å²) < 4.78 is 23.5. The second-order valence-corrected chi connectivity index (χ2v) is 21.7. The summed E-state index contributed by atoms with van der Waals surface area (Å²) in [5.74, 6) is -0.188. The summed E-state index contributed by atoms with van der Waals surface area (Å²) in [4.78, 5) is 23.1. The molecule has 9 heteroatoms. The van der Waals surface area contributed by atoms with Gasteiger partial charge < -0.3 is 19.8 Å². The number of nitrogens with zero attached hydrogens (tertiary/aromatic N) is 1. The highest BCUT2D eigenvalue weighted by Crippen LogP contribution is 2.43. The number of carbonyl (C=O) groups excluding carboxylic acids is 1. The quantitative estimate of drug-likeness (QED) is 0.0243. The van der Waals surface area contributed by atoms with Gasteiger partial charge in [-0.2, -0.15) is 0 Å². The highest BCUT2D eigenvalue weighted by atomic mass is 31.2. The Bertz CT molecular complexity index is 1330. The van der Waals surface area contributed by atoms with Crippen LogP contribution < -0.4 is 5.32 Å². The molecule has 0 saturated carbocycles. The first-order valence-electron chi connectivity index (χ1n) is 28.3. The molecule has 0 aromatic heterocycles. The third-order valence-corrected chi connectivity index (χ3v) is 13.4. The third-order valence-electron chi connectivity index (χ3n) is 12.4. The number of unbranched alkanes of at least 4 members (excludes halogenated alkanes) is 28. The summed E-state index contributed by atoms with van der Waals surface area (Å²) in [5.41, 5.74) is 0. The average molecular weight is 975 g/mol. The van der Waals surface area contributed by atoms with Crippen LogP contribution in [0.4, 0.5) is 0 Å². The summed E-state index contributed by atoms with van der Waals surface area (Å²) in [6, 6.07) is -0.861. The molecule has 0 rings (SSSR count). The molecule has 0 aromatic carbocycles. The van der Waals surface area contributed by atoms with E-state index in [1.807, 2.05) is 27.2 Å². The fourth-order valence-electron chi connectivity index (χ4n) is 7.99. The third kappa shape index (κ3) is 51.8. The van der Waals surface area contributed by atoms with Crippen LogP contribution in [0, 0.1) is 0 Å². The second kappa shape index (κ2) is 49.9. The molecule has 0 saturated heterocycles. The predicted octanol–water partition coefficient (Wildman–Crippen LogP) is 17.1. The van der Waals surface area contributed by atoms with Crippen LogP contribution in [0.3, 0.4) is 0 Å². The maximum Gasteiger partial charge on any atom is 0.472 e. The van der Waals surface area contributed by atoms with Gasteiger partial charge in [0.25, 0.3) is 0 Å². The predicted molar refractivity (Wildman–Crippen MR) is 295 cm³/mol. The number of carbonyl (C=O) groups is 1. The van der Waals surface area contributed by atoms with Crippen LogP contribution in [0.25, 0.3) is 0 Å². The van der Waals surface area contributed by atoms with Crippen LogP contribution >= 0.6 is 7.82 Å². The second-order valence-electron chi connectivity index (χ2n) is 20.3. The number of nitrogens with one attached hydrogen (secondary N) is 1. The largest absolute Gasteiger partial charge is 0.472 e. The molecule has 8 nitrogen and oxygen atoms in total. The first kappa shape index (κ1) is 65.9. The zero-order chi connectivity index (χ0) is 49.9. The fourth-order valence-corrected chi connectivity index (χ4v) is 8.73. The molecule has 3 atom stereocenters. The lowest BCUT2D eigenvalue weighted by atomic mass is 10.0. The molecule has 3 unspecified atom stereocenters. The van der Waals surface area contributed by atoms with E-state index in [0.29, 0.717) is 17.4 Å². The molecule has 0 aromatic rings. The van der Waals surface area contributed by atoms with E-state index in [1.54, 1.807) is 6.08 Å². The van der Waals surface area contributed by atoms with Gasteiger partial charge in [0.05, 0.1) is 39.9 Å². The van der Waals surface area contributed by atoms with E-state index in [2.05, 4.69) is 79.9 Å². The van der Waals surface area contributed by atoms with Gasteiger partial charge in [-0.15, -0.1) is 0 Å². The first-order chi connectivity index (χ1) is 33.0. The number of hydrogen-bond acceptors (Lipinski definition) is 5. The Morgan fingerprint density at radius 1 is 0.515 bits per heavy atom. The van der Waals surface area contributed by atoms with Crippen LogP contribution in [-0.4, -0.2) is 73.4 Å². The number of aliphatic hydroxyl groups excluding tert-OH is 1. The smallest absolute Gasteiger partial charge is 0.387 e. The lowest BCUT2D eigenvalue weighted by Crippen LogP contribution is -2.45. The van der Waals surface area contributed by atoms with Crippen LogP contribution in [0.2, 0.25) is 0 Å². The normalized spacial score (nSPS) is 14.5. The highest BCUT2D eigenvalue weighted by molar-refractivity contribution is 7.47. The molecule has 0 aliphatic heterocycles. The molecular weight excluding hydrogens is 864 g/mol. The van der Waals surface area contributed by atoms with Crippen molar-refractivity contribution in [2.45, 2.75) is 257 Å². The van der Waals surface area contributed by atoms with E-state index in [1.165, 1.54) is 161 Å². The number of rotatable bonds is 51. The minimum absolute atomic E-state index is 0.0555. The summed E-state index contributed by atoms with van der Waals surface area (Å²) in [6.07, 6.45) is 69.0. The summed E-state index contributed by atoms with van der Waals surface area (Å²) in [5, 5.41) is 13.8.